The molecule has 0 saturated heterocycles. The van der Waals surface area contributed by atoms with Crippen LogP contribution in [-0.4, -0.2) is 0 Å². The third-order valence-electron chi connectivity index (χ3n) is 0.817. The lowest BCUT2D eigenvalue weighted by molar-refractivity contribution is 1.50. The van der Waals surface area contributed by atoms with Crippen LogP contribution < -0.4 is 0 Å². The highest BCUT2D eigenvalue weighted by atomic mass is 14.2. The fraction of sp³-hybridized carbons (Fsp3) is 0.125. The van der Waals surface area contributed by atoms with Gasteiger partial charge in [0.15, 0.2) is 0 Å². The average molecular weight is 119 g/mol. The number of hydrogen-bond donors (Lipinski definition) is 0. The first kappa shape index (κ1) is 7.71. The molecule has 0 unspecified atom stereocenters. The Bertz CT molecular complexity index is 179. The van der Waals surface area contributed by atoms with E-state index in [1.54, 1.807) is 12.2 Å². The molecule has 0 spiro atoms. The predicted octanol–water partition coefficient (Wildman–Crippen LogP) is 2.20. The summed E-state index contributed by atoms with van der Waals surface area (Å²) in [6.07, 6.45) is 6.91. The lowest BCUT2D eigenvalue weighted by atomic mass is 10.2. The van der Waals surface area contributed by atoms with Crippen molar-refractivity contribution in [1.82, 2.24) is 0 Å². The zero-order valence-corrected chi connectivity index (χ0v) is 5.46. The Balaban J connectivity index is 4.12. The van der Waals surface area contributed by atoms with E-state index in [-0.39, 0.29) is 0 Å². The summed E-state index contributed by atoms with van der Waals surface area (Å²) in [5.41, 5.74) is 0.591. The largest absolute Gasteiger partial charge is 0.192 e. The zero-order chi connectivity index (χ0) is 7.11. The average Bonchev–Trinajstić information content (AvgIpc) is 1.91. The minimum atomic E-state index is 0.591. The molecule has 0 amide bonds. The van der Waals surface area contributed by atoms with E-state index >= 15 is 0 Å². The Kier molecular flexibility index (Phi) is 4.16. The van der Waals surface area contributed by atoms with Crippen LogP contribution in [0.1, 0.15) is 6.92 Å². The van der Waals surface area contributed by atoms with Crippen molar-refractivity contribution < 1.29 is 0 Å². The maximum atomic E-state index is 8.33. The van der Waals surface area contributed by atoms with Gasteiger partial charge in [-0.2, -0.15) is 5.26 Å². The Morgan fingerprint density at radius 3 is 2.67 bits per heavy atom. The van der Waals surface area contributed by atoms with Crippen LogP contribution in [-0.2, 0) is 0 Å². The summed E-state index contributed by atoms with van der Waals surface area (Å²) in [6.45, 7) is 5.36. The molecular weight excluding hydrogens is 110 g/mol. The van der Waals surface area contributed by atoms with Crippen LogP contribution in [0.15, 0.2) is 36.5 Å². The van der Waals surface area contributed by atoms with Crippen LogP contribution in [0, 0.1) is 11.3 Å². The molecule has 0 aromatic carbocycles. The van der Waals surface area contributed by atoms with Gasteiger partial charge in [-0.1, -0.05) is 24.8 Å². The molecule has 0 aliphatic heterocycles. The molecule has 9 heavy (non-hydrogen) atoms. The van der Waals surface area contributed by atoms with Gasteiger partial charge in [0, 0.05) is 0 Å². The SMILES string of the molecule is C=C/C(C#N)=C\C=C/C. The van der Waals surface area contributed by atoms with Crippen molar-refractivity contribution in [2.45, 2.75) is 6.92 Å². The van der Waals surface area contributed by atoms with E-state index in [2.05, 4.69) is 6.58 Å². The van der Waals surface area contributed by atoms with Crippen molar-refractivity contribution in [1.29, 1.82) is 5.26 Å². The monoisotopic (exact) mass is 119 g/mol. The first-order chi connectivity index (χ1) is 4.35. The molecular formula is C8H9N. The van der Waals surface area contributed by atoms with E-state index in [4.69, 9.17) is 5.26 Å². The highest BCUT2D eigenvalue weighted by Gasteiger charge is 1.79. The molecule has 0 fully saturated rings. The molecule has 0 heterocycles. The molecule has 0 aromatic heterocycles. The van der Waals surface area contributed by atoms with E-state index in [1.165, 1.54) is 6.08 Å². The van der Waals surface area contributed by atoms with Gasteiger partial charge in [-0.25, -0.2) is 0 Å². The standard InChI is InChI=1S/C8H9N/c1-3-5-6-8(4-2)7-9/h3-6H,2H2,1H3/b5-3-,8-6+. The highest BCUT2D eigenvalue weighted by molar-refractivity contribution is 5.34. The summed E-state index contributed by atoms with van der Waals surface area (Å²) >= 11 is 0. The van der Waals surface area contributed by atoms with Gasteiger partial charge >= 0.3 is 0 Å². The summed E-state index contributed by atoms with van der Waals surface area (Å²) < 4.78 is 0. The smallest absolute Gasteiger partial charge is 0.0991 e. The molecule has 0 aromatic rings. The van der Waals surface area contributed by atoms with E-state index < -0.39 is 0 Å². The molecule has 46 valence electrons. The normalized spacial score (nSPS) is 11.3. The van der Waals surface area contributed by atoms with Crippen LogP contribution in [0.2, 0.25) is 0 Å². The van der Waals surface area contributed by atoms with Crippen LogP contribution in [0.5, 0.6) is 0 Å². The van der Waals surface area contributed by atoms with Gasteiger partial charge in [0.05, 0.1) is 11.6 Å². The zero-order valence-electron chi connectivity index (χ0n) is 5.46. The Hall–Kier alpha value is -1.29. The lowest BCUT2D eigenvalue weighted by Crippen LogP contribution is -1.65. The van der Waals surface area contributed by atoms with Gasteiger partial charge in [-0.3, -0.25) is 0 Å². The minimum Gasteiger partial charge on any atom is -0.192 e. The van der Waals surface area contributed by atoms with Crippen molar-refractivity contribution in [2.24, 2.45) is 0 Å². The summed E-state index contributed by atoms with van der Waals surface area (Å²) in [4.78, 5) is 0. The van der Waals surface area contributed by atoms with Gasteiger partial charge in [0.25, 0.3) is 0 Å². The second-order valence-corrected chi connectivity index (χ2v) is 1.46. The molecule has 0 N–H and O–H groups in total. The Labute approximate surface area is 55.6 Å². The fourth-order valence-corrected chi connectivity index (χ4v) is 0.351. The first-order valence-electron chi connectivity index (χ1n) is 2.70. The quantitative estimate of drug-likeness (QED) is 0.404. The highest BCUT2D eigenvalue weighted by Crippen LogP contribution is 1.91. The molecule has 0 saturated carbocycles. The van der Waals surface area contributed by atoms with Crippen LogP contribution in [0.4, 0.5) is 0 Å². The van der Waals surface area contributed by atoms with Crippen LogP contribution in [0.3, 0.4) is 0 Å². The van der Waals surface area contributed by atoms with E-state index in [1.807, 2.05) is 19.1 Å². The third-order valence-corrected chi connectivity index (χ3v) is 0.817. The summed E-state index contributed by atoms with van der Waals surface area (Å²) in [6, 6.07) is 1.98. The van der Waals surface area contributed by atoms with Gasteiger partial charge in [0.1, 0.15) is 0 Å². The molecule has 0 atom stereocenters. The van der Waals surface area contributed by atoms with Gasteiger partial charge in [-0.05, 0) is 13.0 Å². The Morgan fingerprint density at radius 1 is 1.67 bits per heavy atom. The lowest BCUT2D eigenvalue weighted by Gasteiger charge is -1.78. The van der Waals surface area contributed by atoms with Crippen molar-refractivity contribution in [3.05, 3.63) is 36.5 Å². The maximum Gasteiger partial charge on any atom is 0.0991 e. The van der Waals surface area contributed by atoms with Crippen molar-refractivity contribution >= 4 is 0 Å². The first-order valence-corrected chi connectivity index (χ1v) is 2.70. The number of allylic oxidation sites excluding steroid dienone is 5. The predicted molar refractivity (Wildman–Crippen MR) is 38.7 cm³/mol. The molecule has 1 heteroatoms. The Morgan fingerprint density at radius 2 is 2.33 bits per heavy atom. The second-order valence-electron chi connectivity index (χ2n) is 1.46. The second kappa shape index (κ2) is 4.86. The van der Waals surface area contributed by atoms with Gasteiger partial charge in [-0.15, -0.1) is 0 Å². The maximum absolute atomic E-state index is 8.33. The topological polar surface area (TPSA) is 23.8 Å². The molecule has 1 nitrogen and oxygen atoms in total. The van der Waals surface area contributed by atoms with E-state index in [0.717, 1.165) is 0 Å². The van der Waals surface area contributed by atoms with Crippen LogP contribution >= 0.6 is 0 Å². The van der Waals surface area contributed by atoms with E-state index in [0.29, 0.717) is 5.57 Å². The third kappa shape index (κ3) is 3.31. The number of hydrogen-bond acceptors (Lipinski definition) is 1. The minimum absolute atomic E-state index is 0.591. The molecule has 0 bridgehead atoms. The fourth-order valence-electron chi connectivity index (χ4n) is 0.351. The molecule has 0 aliphatic carbocycles. The molecule has 0 radical (unpaired) electrons. The van der Waals surface area contributed by atoms with Gasteiger partial charge in [0.2, 0.25) is 0 Å². The van der Waals surface area contributed by atoms with Crippen molar-refractivity contribution in [3.63, 3.8) is 0 Å². The summed E-state index contributed by atoms with van der Waals surface area (Å²) in [5.74, 6) is 0. The van der Waals surface area contributed by atoms with Gasteiger partial charge < -0.3 is 0 Å². The van der Waals surface area contributed by atoms with Crippen molar-refractivity contribution in [3.8, 4) is 6.07 Å². The van der Waals surface area contributed by atoms with Crippen molar-refractivity contribution in [2.75, 3.05) is 0 Å². The van der Waals surface area contributed by atoms with Crippen LogP contribution in [0.25, 0.3) is 0 Å². The number of rotatable bonds is 2. The number of nitriles is 1. The number of nitrogens with zero attached hydrogens (tertiary/aromatic N) is 1. The molecule has 0 aliphatic rings. The molecule has 0 rings (SSSR count). The van der Waals surface area contributed by atoms with E-state index in [9.17, 15) is 0 Å². The summed E-state index contributed by atoms with van der Waals surface area (Å²) in [7, 11) is 0. The summed E-state index contributed by atoms with van der Waals surface area (Å²) in [5, 5.41) is 8.33.